The van der Waals surface area contributed by atoms with E-state index >= 15 is 0 Å². The Morgan fingerprint density at radius 1 is 1.17 bits per heavy atom. The smallest absolute Gasteiger partial charge is 0.122 e. The fourth-order valence-electron chi connectivity index (χ4n) is 2.75. The summed E-state index contributed by atoms with van der Waals surface area (Å²) >= 11 is 0. The fraction of sp³-hybridized carbons (Fsp3) is 0.600. The molecule has 3 nitrogen and oxygen atoms in total. The highest BCUT2D eigenvalue weighted by Crippen LogP contribution is 2.29. The Morgan fingerprint density at radius 2 is 1.83 bits per heavy atom. The van der Waals surface area contributed by atoms with Crippen molar-refractivity contribution in [1.82, 2.24) is 10.2 Å². The van der Waals surface area contributed by atoms with Crippen LogP contribution in [0, 0.1) is 13.8 Å². The van der Waals surface area contributed by atoms with Crippen LogP contribution >= 0.6 is 0 Å². The minimum Gasteiger partial charge on any atom is -0.496 e. The van der Waals surface area contributed by atoms with E-state index < -0.39 is 0 Å². The first-order valence-corrected chi connectivity index (χ1v) is 6.73. The van der Waals surface area contributed by atoms with Crippen LogP contribution in [0.4, 0.5) is 0 Å². The lowest BCUT2D eigenvalue weighted by Gasteiger charge is -2.34. The predicted molar refractivity (Wildman–Crippen MR) is 75.3 cm³/mol. The molecule has 0 saturated carbocycles. The second kappa shape index (κ2) is 5.72. The molecule has 0 radical (unpaired) electrons. The summed E-state index contributed by atoms with van der Waals surface area (Å²) < 4.78 is 5.38. The normalized spacial score (nSPS) is 18.7. The maximum atomic E-state index is 5.38. The van der Waals surface area contributed by atoms with E-state index in [1.165, 1.54) is 16.7 Å². The van der Waals surface area contributed by atoms with Gasteiger partial charge in [-0.25, -0.2) is 0 Å². The summed E-state index contributed by atoms with van der Waals surface area (Å²) in [6.45, 7) is 11.1. The van der Waals surface area contributed by atoms with E-state index in [1.807, 2.05) is 0 Å². The van der Waals surface area contributed by atoms with Crippen molar-refractivity contribution >= 4 is 0 Å². The molecular weight excluding hydrogens is 224 g/mol. The van der Waals surface area contributed by atoms with Crippen LogP contribution < -0.4 is 10.1 Å². The van der Waals surface area contributed by atoms with Gasteiger partial charge in [0, 0.05) is 32.2 Å². The third kappa shape index (κ3) is 2.68. The summed E-state index contributed by atoms with van der Waals surface area (Å²) in [4.78, 5) is 2.55. The molecule has 0 amide bonds. The Balaban J connectivity index is 2.23. The lowest BCUT2D eigenvalue weighted by molar-refractivity contribution is 0.185. The first-order chi connectivity index (χ1) is 8.63. The zero-order chi connectivity index (χ0) is 13.1. The van der Waals surface area contributed by atoms with Gasteiger partial charge in [-0.05, 0) is 43.5 Å². The minimum absolute atomic E-state index is 0.483. The summed E-state index contributed by atoms with van der Waals surface area (Å²) in [7, 11) is 1.74. The first kappa shape index (κ1) is 13.4. The number of ether oxygens (including phenoxy) is 1. The second-order valence-corrected chi connectivity index (χ2v) is 5.14. The van der Waals surface area contributed by atoms with Gasteiger partial charge in [0.1, 0.15) is 5.75 Å². The quantitative estimate of drug-likeness (QED) is 0.888. The van der Waals surface area contributed by atoms with E-state index in [1.54, 1.807) is 7.11 Å². The van der Waals surface area contributed by atoms with Crippen LogP contribution in [-0.4, -0.2) is 38.2 Å². The van der Waals surface area contributed by atoms with Crippen molar-refractivity contribution in [1.29, 1.82) is 0 Å². The summed E-state index contributed by atoms with van der Waals surface area (Å²) in [5, 5.41) is 3.40. The van der Waals surface area contributed by atoms with Gasteiger partial charge in [-0.2, -0.15) is 0 Å². The van der Waals surface area contributed by atoms with Crippen LogP contribution in [-0.2, 0) is 0 Å². The zero-order valence-corrected chi connectivity index (χ0v) is 11.9. The topological polar surface area (TPSA) is 24.5 Å². The maximum Gasteiger partial charge on any atom is 0.122 e. The Morgan fingerprint density at radius 3 is 2.44 bits per heavy atom. The van der Waals surface area contributed by atoms with E-state index in [4.69, 9.17) is 4.74 Å². The highest BCUT2D eigenvalue weighted by atomic mass is 16.5. The standard InChI is InChI=1S/C15H24N2O/c1-11-10-15(18-4)12(2)9-14(11)13(3)17-7-5-16-6-8-17/h9-10,13,16H,5-8H2,1-4H3. The van der Waals surface area contributed by atoms with Gasteiger partial charge < -0.3 is 10.1 Å². The Hall–Kier alpha value is -1.06. The number of methoxy groups -OCH3 is 1. The summed E-state index contributed by atoms with van der Waals surface area (Å²) in [6.07, 6.45) is 0. The van der Waals surface area contributed by atoms with E-state index in [0.717, 1.165) is 31.9 Å². The lowest BCUT2D eigenvalue weighted by Crippen LogP contribution is -2.44. The van der Waals surface area contributed by atoms with Gasteiger partial charge in [0.2, 0.25) is 0 Å². The second-order valence-electron chi connectivity index (χ2n) is 5.14. The van der Waals surface area contributed by atoms with Gasteiger partial charge in [0.15, 0.2) is 0 Å². The molecule has 18 heavy (non-hydrogen) atoms. The van der Waals surface area contributed by atoms with Crippen molar-refractivity contribution in [3.8, 4) is 5.75 Å². The van der Waals surface area contributed by atoms with Crippen LogP contribution in [0.3, 0.4) is 0 Å². The fourth-order valence-corrected chi connectivity index (χ4v) is 2.75. The average Bonchev–Trinajstić information content (AvgIpc) is 2.41. The molecule has 1 aliphatic rings. The summed E-state index contributed by atoms with van der Waals surface area (Å²) in [6, 6.07) is 4.92. The molecular formula is C15H24N2O. The molecule has 1 atom stereocenters. The van der Waals surface area contributed by atoms with Gasteiger partial charge in [-0.15, -0.1) is 0 Å². The first-order valence-electron chi connectivity index (χ1n) is 6.73. The predicted octanol–water partition coefficient (Wildman–Crippen LogP) is 2.28. The highest BCUT2D eigenvalue weighted by Gasteiger charge is 2.20. The number of nitrogens with zero attached hydrogens (tertiary/aromatic N) is 1. The lowest BCUT2D eigenvalue weighted by atomic mass is 9.97. The van der Waals surface area contributed by atoms with Gasteiger partial charge >= 0.3 is 0 Å². The van der Waals surface area contributed by atoms with Gasteiger partial charge in [-0.1, -0.05) is 6.07 Å². The molecule has 1 aliphatic heterocycles. The third-order valence-electron chi connectivity index (χ3n) is 3.93. The van der Waals surface area contributed by atoms with Gasteiger partial charge in [-0.3, -0.25) is 4.90 Å². The summed E-state index contributed by atoms with van der Waals surface area (Å²) in [5.41, 5.74) is 3.97. The number of aryl methyl sites for hydroxylation is 2. The number of hydrogen-bond acceptors (Lipinski definition) is 3. The third-order valence-corrected chi connectivity index (χ3v) is 3.93. The molecule has 3 heteroatoms. The molecule has 0 aromatic heterocycles. The van der Waals surface area contributed by atoms with Gasteiger partial charge in [0.05, 0.1) is 7.11 Å². The van der Waals surface area contributed by atoms with E-state index in [9.17, 15) is 0 Å². The molecule has 0 aliphatic carbocycles. The van der Waals surface area contributed by atoms with Crippen molar-refractivity contribution in [3.05, 3.63) is 28.8 Å². The molecule has 1 aromatic carbocycles. The molecule has 1 heterocycles. The molecule has 100 valence electrons. The van der Waals surface area contributed by atoms with Crippen molar-refractivity contribution < 1.29 is 4.74 Å². The van der Waals surface area contributed by atoms with Crippen molar-refractivity contribution in [3.63, 3.8) is 0 Å². The van der Waals surface area contributed by atoms with E-state index in [0.29, 0.717) is 6.04 Å². The number of piperazine rings is 1. The van der Waals surface area contributed by atoms with Crippen molar-refractivity contribution in [2.75, 3.05) is 33.3 Å². The Labute approximate surface area is 110 Å². The molecule has 1 saturated heterocycles. The number of hydrogen-bond donors (Lipinski definition) is 1. The zero-order valence-electron chi connectivity index (χ0n) is 11.9. The maximum absolute atomic E-state index is 5.38. The minimum atomic E-state index is 0.483. The monoisotopic (exact) mass is 248 g/mol. The van der Waals surface area contributed by atoms with Crippen LogP contribution in [0.15, 0.2) is 12.1 Å². The molecule has 0 bridgehead atoms. The van der Waals surface area contributed by atoms with Crippen LogP contribution in [0.25, 0.3) is 0 Å². The highest BCUT2D eigenvalue weighted by molar-refractivity contribution is 5.42. The molecule has 1 aromatic rings. The van der Waals surface area contributed by atoms with Crippen molar-refractivity contribution in [2.24, 2.45) is 0 Å². The number of benzene rings is 1. The van der Waals surface area contributed by atoms with Crippen molar-refractivity contribution in [2.45, 2.75) is 26.8 Å². The molecule has 1 unspecified atom stereocenters. The SMILES string of the molecule is COc1cc(C)c(C(C)N2CCNCC2)cc1C. The number of nitrogens with one attached hydrogen (secondary N) is 1. The Bertz CT molecular complexity index is 411. The molecule has 0 spiro atoms. The van der Waals surface area contributed by atoms with Crippen LogP contribution in [0.2, 0.25) is 0 Å². The van der Waals surface area contributed by atoms with Gasteiger partial charge in [0.25, 0.3) is 0 Å². The van der Waals surface area contributed by atoms with Crippen LogP contribution in [0.5, 0.6) is 5.75 Å². The Kier molecular flexibility index (Phi) is 4.25. The van der Waals surface area contributed by atoms with E-state index in [-0.39, 0.29) is 0 Å². The average molecular weight is 248 g/mol. The largest absolute Gasteiger partial charge is 0.496 e. The van der Waals surface area contributed by atoms with Crippen LogP contribution in [0.1, 0.15) is 29.7 Å². The molecule has 2 rings (SSSR count). The number of rotatable bonds is 3. The van der Waals surface area contributed by atoms with E-state index in [2.05, 4.69) is 43.1 Å². The molecule has 1 N–H and O–H groups in total. The molecule has 1 fully saturated rings. The summed E-state index contributed by atoms with van der Waals surface area (Å²) in [5.74, 6) is 0.990.